The predicted octanol–water partition coefficient (Wildman–Crippen LogP) is 4.45. The van der Waals surface area contributed by atoms with Crippen molar-refractivity contribution in [3.63, 3.8) is 0 Å². The first-order chi connectivity index (χ1) is 9.72. The molecule has 0 saturated heterocycles. The highest BCUT2D eigenvalue weighted by Gasteiger charge is 2.12. The molecule has 0 N–H and O–H groups in total. The van der Waals surface area contributed by atoms with E-state index in [-0.39, 0.29) is 0 Å². The summed E-state index contributed by atoms with van der Waals surface area (Å²) in [5, 5.41) is 12.2. The molecule has 0 aliphatic rings. The number of aryl methyl sites for hydroxylation is 1. The molecule has 0 saturated carbocycles. The minimum absolute atomic E-state index is 0.455. The summed E-state index contributed by atoms with van der Waals surface area (Å²) in [5.41, 5.74) is 1.77. The molecule has 0 amide bonds. The van der Waals surface area contributed by atoms with E-state index in [1.165, 1.54) is 11.8 Å². The average molecular weight is 324 g/mol. The molecular formula is C13H10ClN3OS2. The second-order valence-corrected chi connectivity index (χ2v) is 6.40. The zero-order valence-corrected chi connectivity index (χ0v) is 12.9. The van der Waals surface area contributed by atoms with Crippen molar-refractivity contribution in [1.29, 1.82) is 0 Å². The van der Waals surface area contributed by atoms with Crippen LogP contribution < -0.4 is 0 Å². The average Bonchev–Trinajstić information content (AvgIpc) is 3.06. The van der Waals surface area contributed by atoms with Crippen LogP contribution >= 0.6 is 34.7 Å². The lowest BCUT2D eigenvalue weighted by Crippen LogP contribution is -1.81. The van der Waals surface area contributed by atoms with Crippen molar-refractivity contribution in [1.82, 2.24) is 15.2 Å². The van der Waals surface area contributed by atoms with E-state index in [0.29, 0.717) is 16.9 Å². The predicted molar refractivity (Wildman–Crippen MR) is 81.2 cm³/mol. The summed E-state index contributed by atoms with van der Waals surface area (Å²) in [6, 6.07) is 7.72. The van der Waals surface area contributed by atoms with Gasteiger partial charge in [0.15, 0.2) is 0 Å². The van der Waals surface area contributed by atoms with Crippen molar-refractivity contribution >= 4 is 34.7 Å². The van der Waals surface area contributed by atoms with E-state index in [1.54, 1.807) is 11.3 Å². The Morgan fingerprint density at radius 1 is 1.30 bits per heavy atom. The number of nitrogens with zero attached hydrogens (tertiary/aromatic N) is 3. The van der Waals surface area contributed by atoms with Crippen LogP contribution in [0, 0.1) is 6.92 Å². The molecule has 0 unspecified atom stereocenters. The minimum atomic E-state index is 0.455. The molecule has 3 rings (SSSR count). The van der Waals surface area contributed by atoms with Gasteiger partial charge in [0.25, 0.3) is 11.1 Å². The molecule has 0 spiro atoms. The summed E-state index contributed by atoms with van der Waals surface area (Å²) < 4.78 is 5.59. The van der Waals surface area contributed by atoms with Gasteiger partial charge in [-0.3, -0.25) is 0 Å². The van der Waals surface area contributed by atoms with Gasteiger partial charge < -0.3 is 4.42 Å². The van der Waals surface area contributed by atoms with E-state index in [9.17, 15) is 0 Å². The maximum Gasteiger partial charge on any atom is 0.277 e. The number of thioether (sulfide) groups is 1. The zero-order valence-electron chi connectivity index (χ0n) is 10.5. The van der Waals surface area contributed by atoms with Crippen molar-refractivity contribution in [2.45, 2.75) is 17.9 Å². The Morgan fingerprint density at radius 2 is 2.15 bits per heavy atom. The quantitative estimate of drug-likeness (QED) is 0.664. The van der Waals surface area contributed by atoms with Gasteiger partial charge in [0.1, 0.15) is 5.69 Å². The fourth-order valence-electron chi connectivity index (χ4n) is 1.59. The van der Waals surface area contributed by atoms with Crippen molar-refractivity contribution in [3.05, 3.63) is 45.2 Å². The molecule has 2 aromatic heterocycles. The topological polar surface area (TPSA) is 51.8 Å². The van der Waals surface area contributed by atoms with E-state index in [0.717, 1.165) is 21.3 Å². The third kappa shape index (κ3) is 3.03. The smallest absolute Gasteiger partial charge is 0.277 e. The summed E-state index contributed by atoms with van der Waals surface area (Å²) in [5.74, 6) is 1.15. The first-order valence-corrected chi connectivity index (χ1v) is 8.09. The number of thiazole rings is 1. The Morgan fingerprint density at radius 3 is 2.90 bits per heavy atom. The van der Waals surface area contributed by atoms with Crippen molar-refractivity contribution in [2.75, 3.05) is 0 Å². The van der Waals surface area contributed by atoms with Crippen molar-refractivity contribution < 1.29 is 4.42 Å². The number of hydrogen-bond acceptors (Lipinski definition) is 6. The number of aromatic nitrogens is 3. The van der Waals surface area contributed by atoms with Crippen LogP contribution in [0.5, 0.6) is 0 Å². The molecule has 20 heavy (non-hydrogen) atoms. The standard InChI is InChI=1S/C13H10ClN3OS2/c1-8-15-11(7-19-8)12-16-17-13(18-12)20-6-9-4-2-3-5-10(9)14/h2-5,7H,6H2,1H3. The van der Waals surface area contributed by atoms with Crippen LogP contribution in [-0.4, -0.2) is 15.2 Å². The van der Waals surface area contributed by atoms with Crippen LogP contribution in [0.4, 0.5) is 0 Å². The molecule has 2 heterocycles. The zero-order chi connectivity index (χ0) is 13.9. The Bertz CT molecular complexity index is 726. The molecule has 4 nitrogen and oxygen atoms in total. The fraction of sp³-hybridized carbons (Fsp3) is 0.154. The minimum Gasteiger partial charge on any atom is -0.410 e. The first kappa shape index (κ1) is 13.6. The maximum atomic E-state index is 6.11. The molecule has 0 radical (unpaired) electrons. The molecule has 0 aliphatic carbocycles. The van der Waals surface area contributed by atoms with Crippen LogP contribution in [0.2, 0.25) is 5.02 Å². The van der Waals surface area contributed by atoms with E-state index < -0.39 is 0 Å². The third-order valence-corrected chi connectivity index (χ3v) is 4.56. The largest absolute Gasteiger partial charge is 0.410 e. The molecule has 0 aliphatic heterocycles. The molecule has 0 fully saturated rings. The number of rotatable bonds is 4. The van der Waals surface area contributed by atoms with Gasteiger partial charge in [0, 0.05) is 16.2 Å². The summed E-state index contributed by atoms with van der Waals surface area (Å²) in [4.78, 5) is 4.32. The monoisotopic (exact) mass is 323 g/mol. The van der Waals surface area contributed by atoms with E-state index in [1.807, 2.05) is 36.6 Å². The summed E-state index contributed by atoms with van der Waals surface area (Å²) in [6.07, 6.45) is 0. The Labute approximate surface area is 129 Å². The SMILES string of the molecule is Cc1nc(-c2nnc(SCc3ccccc3Cl)o2)cs1. The van der Waals surface area contributed by atoms with Crippen LogP contribution in [0.25, 0.3) is 11.6 Å². The Hall–Kier alpha value is -1.37. The van der Waals surface area contributed by atoms with Gasteiger partial charge in [-0.1, -0.05) is 41.6 Å². The van der Waals surface area contributed by atoms with Gasteiger partial charge in [-0.2, -0.15) is 0 Å². The fourth-order valence-corrected chi connectivity index (χ4v) is 3.22. The lowest BCUT2D eigenvalue weighted by atomic mass is 10.2. The van der Waals surface area contributed by atoms with Gasteiger partial charge in [0.05, 0.1) is 5.01 Å². The molecule has 0 atom stereocenters. The molecule has 7 heteroatoms. The normalized spacial score (nSPS) is 10.9. The Balaban J connectivity index is 1.70. The van der Waals surface area contributed by atoms with Crippen LogP contribution in [0.1, 0.15) is 10.6 Å². The van der Waals surface area contributed by atoms with Gasteiger partial charge in [-0.15, -0.1) is 21.5 Å². The highest BCUT2D eigenvalue weighted by Crippen LogP contribution is 2.28. The van der Waals surface area contributed by atoms with Crippen molar-refractivity contribution in [2.24, 2.45) is 0 Å². The van der Waals surface area contributed by atoms with Gasteiger partial charge in [-0.25, -0.2) is 4.98 Å². The highest BCUT2D eigenvalue weighted by atomic mass is 35.5. The van der Waals surface area contributed by atoms with Gasteiger partial charge in [0.2, 0.25) is 0 Å². The molecule has 3 aromatic rings. The number of benzene rings is 1. The van der Waals surface area contributed by atoms with E-state index >= 15 is 0 Å². The second kappa shape index (κ2) is 5.95. The lowest BCUT2D eigenvalue weighted by Gasteiger charge is -2.00. The van der Waals surface area contributed by atoms with Crippen LogP contribution in [0.3, 0.4) is 0 Å². The number of hydrogen-bond donors (Lipinski definition) is 0. The van der Waals surface area contributed by atoms with E-state index in [4.69, 9.17) is 16.0 Å². The highest BCUT2D eigenvalue weighted by molar-refractivity contribution is 7.98. The molecule has 0 bridgehead atoms. The third-order valence-electron chi connectivity index (χ3n) is 2.55. The molecule has 1 aromatic carbocycles. The van der Waals surface area contributed by atoms with Gasteiger partial charge in [-0.05, 0) is 18.6 Å². The van der Waals surface area contributed by atoms with Gasteiger partial charge >= 0.3 is 0 Å². The summed E-state index contributed by atoms with van der Waals surface area (Å²) >= 11 is 9.12. The lowest BCUT2D eigenvalue weighted by molar-refractivity contribution is 0.464. The first-order valence-electron chi connectivity index (χ1n) is 5.84. The molecule has 102 valence electrons. The second-order valence-electron chi connectivity index (χ2n) is 4.00. The van der Waals surface area contributed by atoms with Crippen LogP contribution in [-0.2, 0) is 5.75 Å². The maximum absolute atomic E-state index is 6.11. The Kier molecular flexibility index (Phi) is 4.05. The van der Waals surface area contributed by atoms with E-state index in [2.05, 4.69) is 15.2 Å². The number of halogens is 1. The summed E-state index contributed by atoms with van der Waals surface area (Å²) in [6.45, 7) is 1.94. The molecular weight excluding hydrogens is 314 g/mol. The summed E-state index contributed by atoms with van der Waals surface area (Å²) in [7, 11) is 0. The van der Waals surface area contributed by atoms with Crippen molar-refractivity contribution in [3.8, 4) is 11.6 Å². The van der Waals surface area contributed by atoms with Crippen LogP contribution in [0.15, 0.2) is 39.3 Å².